The number of anilines is 1. The van der Waals surface area contributed by atoms with Gasteiger partial charge in [-0.15, -0.1) is 10.2 Å². The molecule has 0 aliphatic rings. The first-order valence-electron chi connectivity index (χ1n) is 8.86. The number of carbonyl (C=O) groups is 1. The highest BCUT2D eigenvalue weighted by Crippen LogP contribution is 2.28. The molecule has 0 fully saturated rings. The van der Waals surface area contributed by atoms with Crippen molar-refractivity contribution in [3.8, 4) is 22.6 Å². The fourth-order valence-corrected chi connectivity index (χ4v) is 3.35. The van der Waals surface area contributed by atoms with Crippen molar-refractivity contribution in [3.05, 3.63) is 84.7 Å². The maximum atomic E-state index is 13.8. The number of benzene rings is 3. The molecule has 144 valence electrons. The van der Waals surface area contributed by atoms with E-state index in [9.17, 15) is 9.18 Å². The minimum absolute atomic E-state index is 0.0837. The molecule has 4 rings (SSSR count). The van der Waals surface area contributed by atoms with Crippen LogP contribution in [0.4, 0.5) is 10.1 Å². The number of halogens is 1. The van der Waals surface area contributed by atoms with Crippen LogP contribution in [0.2, 0.25) is 0 Å². The molecular formula is C22H16FN3O2S. The lowest BCUT2D eigenvalue weighted by molar-refractivity contribution is -0.113. The molecule has 0 saturated heterocycles. The summed E-state index contributed by atoms with van der Waals surface area (Å²) in [5.41, 5.74) is 2.91. The summed E-state index contributed by atoms with van der Waals surface area (Å²) < 4.78 is 19.3. The Kier molecular flexibility index (Phi) is 5.67. The van der Waals surface area contributed by atoms with Crippen molar-refractivity contribution < 1.29 is 13.6 Å². The Bertz CT molecular complexity index is 1130. The number of rotatable bonds is 6. The summed E-state index contributed by atoms with van der Waals surface area (Å²) in [5, 5.41) is 10.9. The number of nitrogens with zero attached hydrogens (tertiary/aromatic N) is 2. The van der Waals surface area contributed by atoms with E-state index in [2.05, 4.69) is 15.5 Å². The van der Waals surface area contributed by atoms with Crippen LogP contribution >= 0.6 is 11.8 Å². The number of hydrogen-bond acceptors (Lipinski definition) is 5. The van der Waals surface area contributed by atoms with E-state index in [0.717, 1.165) is 28.6 Å². The van der Waals surface area contributed by atoms with Gasteiger partial charge in [-0.25, -0.2) is 4.39 Å². The van der Waals surface area contributed by atoms with Crippen LogP contribution in [0.5, 0.6) is 0 Å². The first kappa shape index (κ1) is 18.9. The zero-order valence-corrected chi connectivity index (χ0v) is 16.0. The van der Waals surface area contributed by atoms with Gasteiger partial charge in [-0.2, -0.15) is 0 Å². The molecule has 0 unspecified atom stereocenters. The van der Waals surface area contributed by atoms with Gasteiger partial charge in [0.25, 0.3) is 11.1 Å². The summed E-state index contributed by atoms with van der Waals surface area (Å²) in [5.74, 6) is -0.477. The highest BCUT2D eigenvalue weighted by atomic mass is 32.2. The van der Waals surface area contributed by atoms with Gasteiger partial charge in [-0.05, 0) is 23.8 Å². The largest absolute Gasteiger partial charge is 0.411 e. The quantitative estimate of drug-likeness (QED) is 0.443. The molecule has 1 N–H and O–H groups in total. The number of thioether (sulfide) groups is 1. The van der Waals surface area contributed by atoms with E-state index < -0.39 is 5.82 Å². The fraction of sp³-hybridized carbons (Fsp3) is 0.0455. The molecule has 0 aliphatic carbocycles. The van der Waals surface area contributed by atoms with E-state index in [-0.39, 0.29) is 28.3 Å². The number of hydrogen-bond donors (Lipinski definition) is 1. The van der Waals surface area contributed by atoms with Crippen LogP contribution in [-0.4, -0.2) is 21.9 Å². The second kappa shape index (κ2) is 8.70. The summed E-state index contributed by atoms with van der Waals surface area (Å²) in [6, 6.07) is 23.6. The molecule has 5 nitrogen and oxygen atoms in total. The Morgan fingerprint density at radius 1 is 0.897 bits per heavy atom. The van der Waals surface area contributed by atoms with Crippen molar-refractivity contribution in [2.45, 2.75) is 5.22 Å². The first-order chi connectivity index (χ1) is 14.2. The number of nitrogens with one attached hydrogen (secondary N) is 1. The highest BCUT2D eigenvalue weighted by Gasteiger charge is 2.14. The molecule has 3 aromatic carbocycles. The van der Waals surface area contributed by atoms with Crippen LogP contribution in [0.15, 0.2) is 88.5 Å². The second-order valence-corrected chi connectivity index (χ2v) is 7.03. The van der Waals surface area contributed by atoms with Crippen LogP contribution < -0.4 is 5.32 Å². The van der Waals surface area contributed by atoms with E-state index in [1.54, 1.807) is 18.2 Å². The van der Waals surface area contributed by atoms with Gasteiger partial charge in [0.2, 0.25) is 5.91 Å². The molecule has 1 aromatic heterocycles. The molecule has 0 atom stereocenters. The van der Waals surface area contributed by atoms with Crippen molar-refractivity contribution in [2.24, 2.45) is 0 Å². The van der Waals surface area contributed by atoms with Crippen LogP contribution in [0, 0.1) is 5.82 Å². The Hall–Kier alpha value is -3.45. The molecule has 0 bridgehead atoms. The van der Waals surface area contributed by atoms with Gasteiger partial charge in [-0.3, -0.25) is 4.79 Å². The van der Waals surface area contributed by atoms with Crippen LogP contribution in [-0.2, 0) is 4.79 Å². The molecular weight excluding hydrogens is 389 g/mol. The average molecular weight is 405 g/mol. The SMILES string of the molecule is O=C(CSc1nnc(-c2ccccc2F)o1)Nc1ccccc1-c1ccccc1. The topological polar surface area (TPSA) is 68.0 Å². The number of amides is 1. The van der Waals surface area contributed by atoms with Gasteiger partial charge >= 0.3 is 0 Å². The van der Waals surface area contributed by atoms with E-state index in [4.69, 9.17) is 4.42 Å². The summed E-state index contributed by atoms with van der Waals surface area (Å²) >= 11 is 1.10. The number of aromatic nitrogens is 2. The normalized spacial score (nSPS) is 10.7. The maximum absolute atomic E-state index is 13.8. The third kappa shape index (κ3) is 4.52. The predicted molar refractivity (Wildman–Crippen MR) is 111 cm³/mol. The molecule has 0 aliphatic heterocycles. The Labute approximate surface area is 171 Å². The Morgan fingerprint density at radius 2 is 1.59 bits per heavy atom. The Balaban J connectivity index is 1.41. The summed E-state index contributed by atoms with van der Waals surface area (Å²) in [6.07, 6.45) is 0. The van der Waals surface area contributed by atoms with E-state index in [1.807, 2.05) is 54.6 Å². The lowest BCUT2D eigenvalue weighted by atomic mass is 10.0. The highest BCUT2D eigenvalue weighted by molar-refractivity contribution is 7.99. The monoisotopic (exact) mass is 405 g/mol. The van der Waals surface area contributed by atoms with Gasteiger partial charge in [0.05, 0.1) is 11.3 Å². The van der Waals surface area contributed by atoms with Gasteiger partial charge in [0.1, 0.15) is 5.82 Å². The third-order valence-electron chi connectivity index (χ3n) is 4.12. The van der Waals surface area contributed by atoms with Gasteiger partial charge in [0, 0.05) is 11.3 Å². The van der Waals surface area contributed by atoms with E-state index >= 15 is 0 Å². The second-order valence-electron chi connectivity index (χ2n) is 6.10. The van der Waals surface area contributed by atoms with Crippen LogP contribution in [0.1, 0.15) is 0 Å². The molecule has 1 amide bonds. The maximum Gasteiger partial charge on any atom is 0.277 e. The third-order valence-corrected chi connectivity index (χ3v) is 4.94. The van der Waals surface area contributed by atoms with Crippen molar-refractivity contribution in [2.75, 3.05) is 11.1 Å². The zero-order valence-electron chi connectivity index (χ0n) is 15.2. The van der Waals surface area contributed by atoms with Crippen molar-refractivity contribution >= 4 is 23.4 Å². The standard InChI is InChI=1S/C22H16FN3O2S/c23-18-12-6-4-11-17(18)21-25-26-22(28-21)29-14-20(27)24-19-13-7-5-10-16(19)15-8-2-1-3-9-15/h1-13H,14H2,(H,24,27). The van der Waals surface area contributed by atoms with Gasteiger partial charge < -0.3 is 9.73 Å². The average Bonchev–Trinajstić information content (AvgIpc) is 3.22. The summed E-state index contributed by atoms with van der Waals surface area (Å²) in [7, 11) is 0. The molecule has 0 spiro atoms. The predicted octanol–water partition coefficient (Wildman–Crippen LogP) is 5.27. The lowest BCUT2D eigenvalue weighted by Gasteiger charge is -2.10. The number of carbonyl (C=O) groups excluding carboxylic acids is 1. The van der Waals surface area contributed by atoms with Crippen molar-refractivity contribution in [1.29, 1.82) is 0 Å². The molecule has 0 saturated carbocycles. The smallest absolute Gasteiger partial charge is 0.277 e. The molecule has 1 heterocycles. The molecule has 29 heavy (non-hydrogen) atoms. The Morgan fingerprint density at radius 3 is 2.38 bits per heavy atom. The van der Waals surface area contributed by atoms with Crippen LogP contribution in [0.25, 0.3) is 22.6 Å². The first-order valence-corrected chi connectivity index (χ1v) is 9.85. The van der Waals surface area contributed by atoms with Crippen molar-refractivity contribution in [3.63, 3.8) is 0 Å². The molecule has 7 heteroatoms. The summed E-state index contributed by atoms with van der Waals surface area (Å²) in [6.45, 7) is 0. The van der Waals surface area contributed by atoms with E-state index in [1.165, 1.54) is 6.07 Å². The van der Waals surface area contributed by atoms with Crippen molar-refractivity contribution in [1.82, 2.24) is 10.2 Å². The number of para-hydroxylation sites is 1. The summed E-state index contributed by atoms with van der Waals surface area (Å²) in [4.78, 5) is 12.4. The molecule has 4 aromatic rings. The zero-order chi connectivity index (χ0) is 20.1. The van der Waals surface area contributed by atoms with Gasteiger partial charge in [-0.1, -0.05) is 72.4 Å². The minimum atomic E-state index is -0.442. The van der Waals surface area contributed by atoms with Gasteiger partial charge in [0.15, 0.2) is 0 Å². The van der Waals surface area contributed by atoms with E-state index in [0.29, 0.717) is 0 Å². The molecule has 0 radical (unpaired) electrons. The van der Waals surface area contributed by atoms with Crippen LogP contribution in [0.3, 0.4) is 0 Å². The fourth-order valence-electron chi connectivity index (χ4n) is 2.79. The minimum Gasteiger partial charge on any atom is -0.411 e. The lowest BCUT2D eigenvalue weighted by Crippen LogP contribution is -2.14.